The summed E-state index contributed by atoms with van der Waals surface area (Å²) in [5.41, 5.74) is -0.995. The van der Waals surface area contributed by atoms with Crippen LogP contribution in [0.5, 0.6) is 11.8 Å². The zero-order valence-electron chi connectivity index (χ0n) is 15.8. The fraction of sp³-hybridized carbons (Fsp3) is 0.444. The summed E-state index contributed by atoms with van der Waals surface area (Å²) in [5.74, 6) is 1.04. The Morgan fingerprint density at radius 3 is 2.14 bits per heavy atom. The molecule has 0 atom stereocenters. The maximum absolute atomic E-state index is 12.9. The minimum atomic E-state index is -4.61. The molecule has 29 heavy (non-hydrogen) atoms. The molecule has 0 bridgehead atoms. The van der Waals surface area contributed by atoms with Gasteiger partial charge in [0.2, 0.25) is 21.8 Å². The third-order valence-corrected chi connectivity index (χ3v) is 6.63. The lowest BCUT2D eigenvalue weighted by Crippen LogP contribution is -2.38. The van der Waals surface area contributed by atoms with Crippen molar-refractivity contribution in [3.63, 3.8) is 0 Å². The van der Waals surface area contributed by atoms with E-state index in [2.05, 4.69) is 9.97 Å². The number of aromatic nitrogens is 2. The summed E-state index contributed by atoms with van der Waals surface area (Å²) in [6.07, 6.45) is -3.76. The largest absolute Gasteiger partial charge is 0.481 e. The Bertz CT molecular complexity index is 952. The first kappa shape index (κ1) is 21.3. The van der Waals surface area contributed by atoms with Crippen molar-refractivity contribution in [2.75, 3.05) is 27.3 Å². The van der Waals surface area contributed by atoms with Crippen molar-refractivity contribution in [2.45, 2.75) is 29.8 Å². The number of methoxy groups -OCH3 is 2. The van der Waals surface area contributed by atoms with E-state index in [1.54, 1.807) is 0 Å². The van der Waals surface area contributed by atoms with E-state index < -0.39 is 21.8 Å². The first-order valence-corrected chi connectivity index (χ1v) is 10.2. The Balaban J connectivity index is 1.77. The van der Waals surface area contributed by atoms with Gasteiger partial charge in [0.15, 0.2) is 0 Å². The van der Waals surface area contributed by atoms with Crippen molar-refractivity contribution in [1.82, 2.24) is 14.3 Å². The summed E-state index contributed by atoms with van der Waals surface area (Å²) in [7, 11) is -1.10. The average molecular weight is 431 g/mol. The second-order valence-electron chi connectivity index (χ2n) is 6.51. The highest BCUT2D eigenvalue weighted by atomic mass is 32.2. The van der Waals surface area contributed by atoms with Gasteiger partial charge in [0.25, 0.3) is 0 Å². The minimum Gasteiger partial charge on any atom is -0.481 e. The first-order chi connectivity index (χ1) is 13.6. The van der Waals surface area contributed by atoms with Gasteiger partial charge in [0, 0.05) is 19.0 Å². The summed E-state index contributed by atoms with van der Waals surface area (Å²) in [4.78, 5) is 8.23. The van der Waals surface area contributed by atoms with Crippen LogP contribution in [0.2, 0.25) is 0 Å². The molecule has 1 fully saturated rings. The molecule has 0 spiro atoms. The molecule has 0 amide bonds. The Labute approximate surface area is 166 Å². The normalized spacial score (nSPS) is 16.6. The van der Waals surface area contributed by atoms with Gasteiger partial charge in [0.05, 0.1) is 30.7 Å². The van der Waals surface area contributed by atoms with Crippen LogP contribution in [0.3, 0.4) is 0 Å². The molecular weight excluding hydrogens is 411 g/mol. The SMILES string of the molecule is COc1cc(OC)nc(C2CCN(S(=O)(=O)c3cccc(C(F)(F)F)c3)CC2)n1. The number of benzene rings is 1. The molecule has 1 aliphatic heterocycles. The van der Waals surface area contributed by atoms with Gasteiger partial charge in [-0.3, -0.25) is 0 Å². The van der Waals surface area contributed by atoms with Crippen molar-refractivity contribution in [2.24, 2.45) is 0 Å². The molecular formula is C18H20F3N3O4S. The fourth-order valence-electron chi connectivity index (χ4n) is 3.15. The monoisotopic (exact) mass is 431 g/mol. The summed E-state index contributed by atoms with van der Waals surface area (Å²) in [5, 5.41) is 0. The van der Waals surface area contributed by atoms with E-state index in [9.17, 15) is 21.6 Å². The molecule has 0 saturated carbocycles. The molecule has 11 heteroatoms. The molecule has 1 saturated heterocycles. The molecule has 1 aliphatic rings. The number of rotatable bonds is 5. The smallest absolute Gasteiger partial charge is 0.416 e. The molecule has 0 radical (unpaired) electrons. The van der Waals surface area contributed by atoms with Gasteiger partial charge in [-0.1, -0.05) is 6.07 Å². The molecule has 0 unspecified atom stereocenters. The standard InChI is InChI=1S/C18H20F3N3O4S/c1-27-15-11-16(28-2)23-17(22-15)12-6-8-24(9-7-12)29(25,26)14-5-3-4-13(10-14)18(19,20)21/h3-5,10-12H,6-9H2,1-2H3. The molecule has 1 aromatic carbocycles. The van der Waals surface area contributed by atoms with Crippen LogP contribution in [0.25, 0.3) is 0 Å². The highest BCUT2D eigenvalue weighted by molar-refractivity contribution is 7.89. The second kappa shape index (κ2) is 8.15. The second-order valence-corrected chi connectivity index (χ2v) is 8.45. The van der Waals surface area contributed by atoms with Crippen molar-refractivity contribution in [1.29, 1.82) is 0 Å². The van der Waals surface area contributed by atoms with Crippen LogP contribution in [-0.4, -0.2) is 50.0 Å². The quantitative estimate of drug-likeness (QED) is 0.724. The highest BCUT2D eigenvalue weighted by Gasteiger charge is 2.35. The van der Waals surface area contributed by atoms with Crippen LogP contribution in [0.1, 0.15) is 30.1 Å². The Kier molecular flexibility index (Phi) is 5.99. The zero-order chi connectivity index (χ0) is 21.2. The van der Waals surface area contributed by atoms with Crippen molar-refractivity contribution < 1.29 is 31.1 Å². The summed E-state index contributed by atoms with van der Waals surface area (Å²) in [6.45, 7) is 0.290. The molecule has 0 aliphatic carbocycles. The van der Waals surface area contributed by atoms with E-state index in [1.165, 1.54) is 30.7 Å². The van der Waals surface area contributed by atoms with E-state index in [0.717, 1.165) is 12.1 Å². The lowest BCUT2D eigenvalue weighted by Gasteiger charge is -2.30. The van der Waals surface area contributed by atoms with E-state index in [1.807, 2.05) is 0 Å². The molecule has 7 nitrogen and oxygen atoms in total. The highest BCUT2D eigenvalue weighted by Crippen LogP contribution is 2.33. The maximum Gasteiger partial charge on any atom is 0.416 e. The zero-order valence-corrected chi connectivity index (χ0v) is 16.6. The van der Waals surface area contributed by atoms with Gasteiger partial charge in [-0.15, -0.1) is 0 Å². The summed E-state index contributed by atoms with van der Waals surface area (Å²) >= 11 is 0. The third kappa shape index (κ3) is 4.61. The van der Waals surface area contributed by atoms with Gasteiger partial charge in [0.1, 0.15) is 5.82 Å². The van der Waals surface area contributed by atoms with Crippen LogP contribution in [0.4, 0.5) is 13.2 Å². The Morgan fingerprint density at radius 2 is 1.62 bits per heavy atom. The van der Waals surface area contributed by atoms with Crippen LogP contribution in [-0.2, 0) is 16.2 Å². The topological polar surface area (TPSA) is 81.6 Å². The van der Waals surface area contributed by atoms with E-state index in [4.69, 9.17) is 9.47 Å². The van der Waals surface area contributed by atoms with E-state index in [0.29, 0.717) is 36.5 Å². The van der Waals surface area contributed by atoms with Crippen LogP contribution in [0, 0.1) is 0 Å². The van der Waals surface area contributed by atoms with Crippen molar-refractivity contribution in [3.05, 3.63) is 41.7 Å². The van der Waals surface area contributed by atoms with Crippen molar-refractivity contribution in [3.8, 4) is 11.8 Å². The van der Waals surface area contributed by atoms with Gasteiger partial charge in [-0.2, -0.15) is 27.4 Å². The number of halogens is 3. The third-order valence-electron chi connectivity index (χ3n) is 4.73. The van der Waals surface area contributed by atoms with E-state index >= 15 is 0 Å². The number of ether oxygens (including phenoxy) is 2. The lowest BCUT2D eigenvalue weighted by molar-refractivity contribution is -0.137. The van der Waals surface area contributed by atoms with Crippen LogP contribution >= 0.6 is 0 Å². The lowest BCUT2D eigenvalue weighted by atomic mass is 9.97. The summed E-state index contributed by atoms with van der Waals surface area (Å²) < 4.78 is 75.8. The van der Waals surface area contributed by atoms with Gasteiger partial charge in [-0.25, -0.2) is 8.42 Å². The molecule has 0 N–H and O–H groups in total. The molecule has 2 aromatic rings. The Hall–Kier alpha value is -2.40. The Morgan fingerprint density at radius 1 is 1.03 bits per heavy atom. The number of hydrogen-bond acceptors (Lipinski definition) is 6. The molecule has 3 rings (SSSR count). The number of nitrogens with zero attached hydrogens (tertiary/aromatic N) is 3. The van der Waals surface area contributed by atoms with Gasteiger partial charge in [-0.05, 0) is 31.0 Å². The van der Waals surface area contributed by atoms with Crippen molar-refractivity contribution >= 4 is 10.0 Å². The molecule has 158 valence electrons. The number of alkyl halides is 3. The number of piperidine rings is 1. The number of hydrogen-bond donors (Lipinski definition) is 0. The maximum atomic E-state index is 12.9. The van der Waals surface area contributed by atoms with Crippen LogP contribution in [0.15, 0.2) is 35.2 Å². The van der Waals surface area contributed by atoms with Gasteiger partial charge < -0.3 is 9.47 Å². The predicted octanol–water partition coefficient (Wildman–Crippen LogP) is 3.08. The first-order valence-electron chi connectivity index (χ1n) is 8.79. The predicted molar refractivity (Wildman–Crippen MR) is 97.3 cm³/mol. The molecule has 1 aromatic heterocycles. The number of sulfonamides is 1. The molecule has 2 heterocycles. The average Bonchev–Trinajstić information content (AvgIpc) is 2.73. The minimum absolute atomic E-state index is 0.119. The van der Waals surface area contributed by atoms with Gasteiger partial charge >= 0.3 is 6.18 Å². The van der Waals surface area contributed by atoms with Crippen LogP contribution < -0.4 is 9.47 Å². The fourth-order valence-corrected chi connectivity index (χ4v) is 4.67. The van der Waals surface area contributed by atoms with E-state index in [-0.39, 0.29) is 23.9 Å². The summed E-state index contributed by atoms with van der Waals surface area (Å²) in [6, 6.07) is 5.32.